The van der Waals surface area contributed by atoms with Crippen molar-refractivity contribution in [3.8, 4) is 22.8 Å². The average molecular weight is 250 g/mol. The van der Waals surface area contributed by atoms with E-state index in [0.29, 0.717) is 0 Å². The molecule has 0 fully saturated rings. The monoisotopic (exact) mass is 250 g/mol. The SMILES string of the molecule is Cc1cccc(-c2cc(O)nn2-c2ccccc2)c1. The van der Waals surface area contributed by atoms with Crippen molar-refractivity contribution in [3.05, 3.63) is 66.2 Å². The molecule has 2 aromatic carbocycles. The quantitative estimate of drug-likeness (QED) is 0.755. The molecule has 0 unspecified atom stereocenters. The summed E-state index contributed by atoms with van der Waals surface area (Å²) in [5.74, 6) is 0.0281. The molecule has 3 heteroatoms. The molecule has 0 amide bonds. The lowest BCUT2D eigenvalue weighted by Gasteiger charge is -2.07. The topological polar surface area (TPSA) is 38.1 Å². The van der Waals surface area contributed by atoms with Crippen molar-refractivity contribution in [2.45, 2.75) is 6.92 Å². The molecule has 0 atom stereocenters. The van der Waals surface area contributed by atoms with Gasteiger partial charge in [-0.3, -0.25) is 0 Å². The molecule has 0 saturated heterocycles. The maximum absolute atomic E-state index is 9.69. The fraction of sp³-hybridized carbons (Fsp3) is 0.0625. The number of aromatic nitrogens is 2. The Morgan fingerprint density at radius 3 is 2.47 bits per heavy atom. The number of hydrogen-bond acceptors (Lipinski definition) is 2. The Kier molecular flexibility index (Phi) is 2.80. The van der Waals surface area contributed by atoms with Crippen LogP contribution in [-0.4, -0.2) is 14.9 Å². The van der Waals surface area contributed by atoms with Crippen LogP contribution in [0, 0.1) is 6.92 Å². The van der Waals surface area contributed by atoms with Gasteiger partial charge in [0.2, 0.25) is 5.88 Å². The van der Waals surface area contributed by atoms with Crippen molar-refractivity contribution in [1.82, 2.24) is 9.78 Å². The fourth-order valence-electron chi connectivity index (χ4n) is 2.14. The lowest BCUT2D eigenvalue weighted by atomic mass is 10.1. The minimum Gasteiger partial charge on any atom is -0.492 e. The first-order valence-corrected chi connectivity index (χ1v) is 6.15. The molecule has 0 bridgehead atoms. The van der Waals surface area contributed by atoms with Crippen LogP contribution in [0.4, 0.5) is 0 Å². The molecule has 3 nitrogen and oxygen atoms in total. The highest BCUT2D eigenvalue weighted by Crippen LogP contribution is 2.26. The van der Waals surface area contributed by atoms with Crippen molar-refractivity contribution in [3.63, 3.8) is 0 Å². The van der Waals surface area contributed by atoms with E-state index in [4.69, 9.17) is 0 Å². The second-order valence-electron chi connectivity index (χ2n) is 4.50. The molecular formula is C16H14N2O. The van der Waals surface area contributed by atoms with E-state index in [9.17, 15) is 5.11 Å². The molecular weight excluding hydrogens is 236 g/mol. The van der Waals surface area contributed by atoms with Gasteiger partial charge < -0.3 is 5.11 Å². The second-order valence-corrected chi connectivity index (χ2v) is 4.50. The molecule has 0 aliphatic carbocycles. The first kappa shape index (κ1) is 11.5. The number of benzene rings is 2. The van der Waals surface area contributed by atoms with Gasteiger partial charge in [-0.2, -0.15) is 0 Å². The van der Waals surface area contributed by atoms with Gasteiger partial charge in [0, 0.05) is 11.6 Å². The van der Waals surface area contributed by atoms with Gasteiger partial charge in [0.25, 0.3) is 0 Å². The summed E-state index contributed by atoms with van der Waals surface area (Å²) in [4.78, 5) is 0. The van der Waals surface area contributed by atoms with Crippen LogP contribution in [0.1, 0.15) is 5.56 Å². The summed E-state index contributed by atoms with van der Waals surface area (Å²) >= 11 is 0. The van der Waals surface area contributed by atoms with Gasteiger partial charge in [-0.25, -0.2) is 4.68 Å². The third-order valence-electron chi connectivity index (χ3n) is 3.01. The minimum atomic E-state index is 0.0281. The Morgan fingerprint density at radius 1 is 0.947 bits per heavy atom. The van der Waals surface area contributed by atoms with E-state index in [1.165, 1.54) is 5.56 Å². The van der Waals surface area contributed by atoms with Crippen LogP contribution in [0.25, 0.3) is 16.9 Å². The zero-order valence-electron chi connectivity index (χ0n) is 10.6. The molecule has 0 aliphatic heterocycles. The largest absolute Gasteiger partial charge is 0.492 e. The molecule has 0 aliphatic rings. The first-order chi connectivity index (χ1) is 9.24. The van der Waals surface area contributed by atoms with E-state index in [2.05, 4.69) is 11.2 Å². The van der Waals surface area contributed by atoms with Gasteiger partial charge in [-0.1, -0.05) is 42.0 Å². The Hall–Kier alpha value is -2.55. The van der Waals surface area contributed by atoms with Crippen LogP contribution in [0.3, 0.4) is 0 Å². The molecule has 1 aromatic heterocycles. The van der Waals surface area contributed by atoms with E-state index in [1.54, 1.807) is 10.7 Å². The number of hydrogen-bond donors (Lipinski definition) is 1. The Labute approximate surface area is 111 Å². The van der Waals surface area contributed by atoms with E-state index in [-0.39, 0.29) is 5.88 Å². The third-order valence-corrected chi connectivity index (χ3v) is 3.01. The highest BCUT2D eigenvalue weighted by atomic mass is 16.3. The Morgan fingerprint density at radius 2 is 1.74 bits per heavy atom. The molecule has 1 N–H and O–H groups in total. The average Bonchev–Trinajstić information content (AvgIpc) is 2.82. The number of aromatic hydroxyl groups is 1. The number of para-hydroxylation sites is 1. The molecule has 1 heterocycles. The highest BCUT2D eigenvalue weighted by Gasteiger charge is 2.10. The highest BCUT2D eigenvalue weighted by molar-refractivity contribution is 5.64. The molecule has 3 aromatic rings. The van der Waals surface area contributed by atoms with Gasteiger partial charge in [-0.05, 0) is 25.1 Å². The van der Waals surface area contributed by atoms with Crippen LogP contribution >= 0.6 is 0 Å². The molecule has 94 valence electrons. The van der Waals surface area contributed by atoms with Gasteiger partial charge >= 0.3 is 0 Å². The standard InChI is InChI=1S/C16H14N2O/c1-12-6-5-7-13(10-12)15-11-16(19)17-18(15)14-8-3-2-4-9-14/h2-11H,1H3,(H,17,19). The van der Waals surface area contributed by atoms with Crippen molar-refractivity contribution in [1.29, 1.82) is 0 Å². The van der Waals surface area contributed by atoms with Gasteiger partial charge in [0.1, 0.15) is 0 Å². The summed E-state index contributed by atoms with van der Waals surface area (Å²) < 4.78 is 1.75. The molecule has 0 radical (unpaired) electrons. The van der Waals surface area contributed by atoms with Crippen LogP contribution in [0.5, 0.6) is 5.88 Å². The second kappa shape index (κ2) is 4.61. The zero-order chi connectivity index (χ0) is 13.2. The van der Waals surface area contributed by atoms with Crippen LogP contribution in [-0.2, 0) is 0 Å². The van der Waals surface area contributed by atoms with Crippen LogP contribution in [0.15, 0.2) is 60.7 Å². The van der Waals surface area contributed by atoms with Crippen LogP contribution < -0.4 is 0 Å². The van der Waals surface area contributed by atoms with E-state index in [1.807, 2.05) is 55.5 Å². The number of rotatable bonds is 2. The zero-order valence-corrected chi connectivity index (χ0v) is 10.6. The lowest BCUT2D eigenvalue weighted by Crippen LogP contribution is -1.98. The maximum atomic E-state index is 9.69. The van der Waals surface area contributed by atoms with Gasteiger partial charge in [-0.15, -0.1) is 5.10 Å². The van der Waals surface area contributed by atoms with Gasteiger partial charge in [0.15, 0.2) is 0 Å². The van der Waals surface area contributed by atoms with E-state index < -0.39 is 0 Å². The third kappa shape index (κ3) is 2.22. The van der Waals surface area contributed by atoms with Crippen molar-refractivity contribution < 1.29 is 5.11 Å². The van der Waals surface area contributed by atoms with Crippen molar-refractivity contribution >= 4 is 0 Å². The predicted molar refractivity (Wildman–Crippen MR) is 75.4 cm³/mol. The van der Waals surface area contributed by atoms with Crippen molar-refractivity contribution in [2.24, 2.45) is 0 Å². The molecule has 3 rings (SSSR count). The minimum absolute atomic E-state index is 0.0281. The first-order valence-electron chi connectivity index (χ1n) is 6.15. The van der Waals surface area contributed by atoms with Crippen LogP contribution in [0.2, 0.25) is 0 Å². The summed E-state index contributed by atoms with van der Waals surface area (Å²) in [6.45, 7) is 2.05. The Balaban J connectivity index is 2.18. The summed E-state index contributed by atoms with van der Waals surface area (Å²) in [5, 5.41) is 13.9. The van der Waals surface area contributed by atoms with Gasteiger partial charge in [0.05, 0.1) is 11.4 Å². The number of aryl methyl sites for hydroxylation is 1. The Bertz CT molecular complexity index is 702. The predicted octanol–water partition coefficient (Wildman–Crippen LogP) is 3.55. The van der Waals surface area contributed by atoms with E-state index in [0.717, 1.165) is 16.9 Å². The summed E-state index contributed by atoms with van der Waals surface area (Å²) in [7, 11) is 0. The van der Waals surface area contributed by atoms with Crippen molar-refractivity contribution in [2.75, 3.05) is 0 Å². The lowest BCUT2D eigenvalue weighted by molar-refractivity contribution is 0.448. The smallest absolute Gasteiger partial charge is 0.231 e. The summed E-state index contributed by atoms with van der Waals surface area (Å²) in [6, 6.07) is 19.6. The molecule has 19 heavy (non-hydrogen) atoms. The number of nitrogens with zero attached hydrogens (tertiary/aromatic N) is 2. The van der Waals surface area contributed by atoms with E-state index >= 15 is 0 Å². The normalized spacial score (nSPS) is 10.6. The molecule has 0 saturated carbocycles. The summed E-state index contributed by atoms with van der Waals surface area (Å²) in [5.41, 5.74) is 4.03. The molecule has 0 spiro atoms. The summed E-state index contributed by atoms with van der Waals surface area (Å²) in [6.07, 6.45) is 0. The maximum Gasteiger partial charge on any atom is 0.231 e. The fourth-order valence-corrected chi connectivity index (χ4v) is 2.14.